The Labute approximate surface area is 156 Å². The number of thioether (sulfide) groups is 1. The fraction of sp³-hybridized carbons (Fsp3) is 0.938. The van der Waals surface area contributed by atoms with Crippen molar-refractivity contribution in [3.63, 3.8) is 0 Å². The molecular weight excluding hydrogens is 365 g/mol. The van der Waals surface area contributed by atoms with Crippen molar-refractivity contribution in [3.8, 4) is 0 Å². The monoisotopic (exact) mass is 399 g/mol. The molecule has 0 saturated carbocycles. The van der Waals surface area contributed by atoms with Gasteiger partial charge in [0, 0.05) is 25.8 Å². The van der Waals surface area contributed by atoms with Gasteiger partial charge in [0.25, 0.3) is 0 Å². The van der Waals surface area contributed by atoms with E-state index in [1.54, 1.807) is 34.6 Å². The van der Waals surface area contributed by atoms with Crippen LogP contribution >= 0.6 is 19.6 Å². The molecule has 9 heteroatoms. The normalized spacial score (nSPS) is 15.4. The number of carbonyl (C=O) groups excluding carboxylic acids is 1. The Morgan fingerprint density at radius 3 is 2.16 bits per heavy atom. The van der Waals surface area contributed by atoms with Gasteiger partial charge in [-0.15, -0.1) is 0 Å². The molecule has 0 aromatic rings. The van der Waals surface area contributed by atoms with Crippen LogP contribution in [0.5, 0.6) is 0 Å². The number of rotatable bonds is 12. The van der Waals surface area contributed by atoms with Gasteiger partial charge in [0.2, 0.25) is 0 Å². The van der Waals surface area contributed by atoms with Crippen LogP contribution in [0, 0.1) is 0 Å². The first-order chi connectivity index (χ1) is 11.2. The summed E-state index contributed by atoms with van der Waals surface area (Å²) in [7, 11) is -1.81. The molecule has 1 N–H and O–H groups in total. The van der Waals surface area contributed by atoms with Crippen LogP contribution < -0.4 is 0 Å². The van der Waals surface area contributed by atoms with Crippen molar-refractivity contribution in [2.45, 2.75) is 59.2 Å². The highest BCUT2D eigenvalue weighted by Crippen LogP contribution is 2.52. The molecule has 7 nitrogen and oxygen atoms in total. The van der Waals surface area contributed by atoms with E-state index in [4.69, 9.17) is 13.6 Å². The smallest absolute Gasteiger partial charge is 0.390 e. The van der Waals surface area contributed by atoms with E-state index in [1.165, 1.54) is 6.92 Å². The molecule has 1 unspecified atom stereocenters. The van der Waals surface area contributed by atoms with Crippen molar-refractivity contribution in [2.24, 2.45) is 0 Å². The third kappa shape index (κ3) is 16.0. The zero-order valence-corrected chi connectivity index (χ0v) is 18.2. The van der Waals surface area contributed by atoms with E-state index < -0.39 is 19.0 Å². The lowest BCUT2D eigenvalue weighted by atomic mass is 10.1. The fourth-order valence-corrected chi connectivity index (χ4v) is 3.69. The van der Waals surface area contributed by atoms with Gasteiger partial charge in [-0.25, -0.2) is 4.57 Å². The number of likely N-dealkylation sites (N-methyl/N-ethyl adjacent to an activating group) is 1. The zero-order valence-electron chi connectivity index (χ0n) is 16.5. The quantitative estimate of drug-likeness (QED) is 0.395. The minimum Gasteiger partial charge on any atom is -0.390 e. The molecule has 0 rings (SSSR count). The van der Waals surface area contributed by atoms with Crippen molar-refractivity contribution in [3.05, 3.63) is 0 Å². The number of phosphoric ester groups is 1. The van der Waals surface area contributed by atoms with Gasteiger partial charge in [-0.3, -0.25) is 18.4 Å². The third-order valence-electron chi connectivity index (χ3n) is 2.85. The second-order valence-electron chi connectivity index (χ2n) is 7.52. The fourth-order valence-electron chi connectivity index (χ4n) is 1.64. The Morgan fingerprint density at radius 2 is 1.68 bits per heavy atom. The second-order valence-corrected chi connectivity index (χ2v) is 10.4. The van der Waals surface area contributed by atoms with Gasteiger partial charge in [-0.1, -0.05) is 11.8 Å². The maximum Gasteiger partial charge on any atom is 0.475 e. The summed E-state index contributed by atoms with van der Waals surface area (Å²) < 4.78 is 29.0. The van der Waals surface area contributed by atoms with Gasteiger partial charge in [-0.05, 0) is 48.1 Å². The zero-order chi connectivity index (χ0) is 19.7. The van der Waals surface area contributed by atoms with Crippen molar-refractivity contribution in [1.29, 1.82) is 0 Å². The van der Waals surface area contributed by atoms with Crippen molar-refractivity contribution < 1.29 is 28.0 Å². The summed E-state index contributed by atoms with van der Waals surface area (Å²) in [5, 5.41) is 9.72. The van der Waals surface area contributed by atoms with Crippen molar-refractivity contribution >= 4 is 24.7 Å². The Morgan fingerprint density at radius 1 is 1.12 bits per heavy atom. The number of phosphoric acid groups is 1. The first-order valence-electron chi connectivity index (χ1n) is 8.37. The minimum absolute atomic E-state index is 0.0236. The lowest BCUT2D eigenvalue weighted by molar-refractivity contribution is -0.109. The molecular formula is C16H34NO6PS. The first-order valence-corrected chi connectivity index (χ1v) is 10.8. The van der Waals surface area contributed by atoms with Gasteiger partial charge in [0.1, 0.15) is 0 Å². The number of nitrogens with zero attached hydrogens (tertiary/aromatic N) is 1. The van der Waals surface area contributed by atoms with Crippen molar-refractivity contribution in [1.82, 2.24) is 4.90 Å². The van der Waals surface area contributed by atoms with Crippen LogP contribution in [0.4, 0.5) is 0 Å². The van der Waals surface area contributed by atoms with E-state index in [2.05, 4.69) is 0 Å². The highest BCUT2D eigenvalue weighted by molar-refractivity contribution is 8.13. The number of hydrogen-bond acceptors (Lipinski definition) is 8. The predicted molar refractivity (Wildman–Crippen MR) is 102 cm³/mol. The Kier molecular flexibility index (Phi) is 11.0. The van der Waals surface area contributed by atoms with Crippen LogP contribution in [0.25, 0.3) is 0 Å². The summed E-state index contributed by atoms with van der Waals surface area (Å²) >= 11 is 1.10. The molecule has 0 spiro atoms. The molecule has 0 heterocycles. The average molecular weight is 399 g/mol. The second kappa shape index (κ2) is 11.0. The van der Waals surface area contributed by atoms with Gasteiger partial charge in [-0.2, -0.15) is 0 Å². The van der Waals surface area contributed by atoms with Gasteiger partial charge < -0.3 is 10.0 Å². The third-order valence-corrected chi connectivity index (χ3v) is 5.40. The van der Waals surface area contributed by atoms with Crippen LogP contribution in [0.3, 0.4) is 0 Å². The van der Waals surface area contributed by atoms with Crippen LogP contribution in [-0.4, -0.2) is 65.4 Å². The molecule has 0 aliphatic carbocycles. The number of hydrogen-bond donors (Lipinski definition) is 1. The molecule has 0 bridgehead atoms. The lowest BCUT2D eigenvalue weighted by Gasteiger charge is -2.27. The number of aliphatic hydroxyl groups is 1. The van der Waals surface area contributed by atoms with Gasteiger partial charge >= 0.3 is 7.82 Å². The predicted octanol–water partition coefficient (Wildman–Crippen LogP) is 3.32. The van der Waals surface area contributed by atoms with Crippen LogP contribution in [0.15, 0.2) is 0 Å². The summed E-state index contributed by atoms with van der Waals surface area (Å²) in [4.78, 5) is 12.9. The lowest BCUT2D eigenvalue weighted by Crippen LogP contribution is -2.30. The molecule has 0 saturated heterocycles. The molecule has 0 aromatic heterocycles. The number of carbonyl (C=O) groups is 1. The van der Waals surface area contributed by atoms with Gasteiger partial charge in [0.15, 0.2) is 5.12 Å². The molecule has 0 radical (unpaired) electrons. The molecule has 0 aromatic carbocycles. The molecule has 0 amide bonds. The Bertz CT molecular complexity index is 447. The minimum atomic E-state index is -3.71. The average Bonchev–Trinajstić information content (AvgIpc) is 2.38. The summed E-state index contributed by atoms with van der Waals surface area (Å²) in [5.74, 6) is 0.391. The summed E-state index contributed by atoms with van der Waals surface area (Å²) in [5.41, 5.74) is -1.41. The molecule has 150 valence electrons. The highest BCUT2D eigenvalue weighted by atomic mass is 32.2. The SMILES string of the molecule is CC(=O)SCCOP(=O)(OCCN(C)CCC(C)(C)O)OC(C)(C)C. The van der Waals surface area contributed by atoms with E-state index in [0.717, 1.165) is 11.8 Å². The molecule has 0 aliphatic heterocycles. The first kappa shape index (κ1) is 25.1. The van der Waals surface area contributed by atoms with Crippen molar-refractivity contribution in [2.75, 3.05) is 39.1 Å². The summed E-state index contributed by atoms with van der Waals surface area (Å²) in [6.07, 6.45) is 0.623. The molecule has 1 atom stereocenters. The Hall–Kier alpha value is 0.0500. The summed E-state index contributed by atoms with van der Waals surface area (Å²) in [6.45, 7) is 11.8. The largest absolute Gasteiger partial charge is 0.475 e. The van der Waals surface area contributed by atoms with E-state index in [9.17, 15) is 14.5 Å². The van der Waals surface area contributed by atoms with Crippen LogP contribution in [-0.2, 0) is 22.9 Å². The maximum absolute atomic E-state index is 12.8. The van der Waals surface area contributed by atoms with E-state index in [0.29, 0.717) is 25.3 Å². The highest BCUT2D eigenvalue weighted by Gasteiger charge is 2.32. The topological polar surface area (TPSA) is 85.3 Å². The molecule has 0 fully saturated rings. The van der Waals surface area contributed by atoms with E-state index in [-0.39, 0.29) is 18.3 Å². The van der Waals surface area contributed by atoms with Gasteiger partial charge in [0.05, 0.1) is 24.4 Å². The van der Waals surface area contributed by atoms with E-state index >= 15 is 0 Å². The summed E-state index contributed by atoms with van der Waals surface area (Å²) in [6, 6.07) is 0. The Balaban J connectivity index is 4.43. The molecule has 25 heavy (non-hydrogen) atoms. The maximum atomic E-state index is 12.8. The molecule has 0 aliphatic rings. The van der Waals surface area contributed by atoms with Crippen LogP contribution in [0.1, 0.15) is 48.0 Å². The van der Waals surface area contributed by atoms with Crippen LogP contribution in [0.2, 0.25) is 0 Å². The standard InChI is InChI=1S/C16H34NO6PS/c1-14(18)25-13-12-22-24(20,23-15(2,3)4)21-11-10-17(7)9-8-16(5,6)19/h19H,8-13H2,1-7H3. The van der Waals surface area contributed by atoms with E-state index in [1.807, 2.05) is 11.9 Å².